The van der Waals surface area contributed by atoms with Gasteiger partial charge in [-0.15, -0.1) is 0 Å². The second kappa shape index (κ2) is 8.77. The van der Waals surface area contributed by atoms with Crippen molar-refractivity contribution in [3.63, 3.8) is 0 Å². The Morgan fingerprint density at radius 3 is 1.00 bits per heavy atom. The maximum absolute atomic E-state index is 2.38. The second-order valence-corrected chi connectivity index (χ2v) is 8.90. The van der Waals surface area contributed by atoms with Gasteiger partial charge in [-0.2, -0.15) is 0 Å². The van der Waals surface area contributed by atoms with E-state index in [1.54, 1.807) is 15.8 Å². The van der Waals surface area contributed by atoms with Gasteiger partial charge in [0.15, 0.2) is 0 Å². The molecule has 86 valence electrons. The molecule has 0 radical (unpaired) electrons. The first kappa shape index (κ1) is 16.9. The Bertz CT molecular complexity index is 97.7. The molecule has 0 amide bonds. The zero-order chi connectivity index (χ0) is 10.4. The molecule has 0 aliphatic rings. The molecule has 0 fully saturated rings. The largest absolute Gasteiger partial charge is 0.344 e. The summed E-state index contributed by atoms with van der Waals surface area (Å²) in [5, 5.41) is 4.66. The van der Waals surface area contributed by atoms with Crippen molar-refractivity contribution in [2.24, 2.45) is 17.8 Å². The van der Waals surface area contributed by atoms with Gasteiger partial charge in [0.05, 0.1) is 0 Å². The van der Waals surface area contributed by atoms with E-state index in [1.165, 1.54) is 0 Å². The van der Waals surface area contributed by atoms with Crippen molar-refractivity contribution in [1.29, 1.82) is 0 Å². The molecule has 0 bridgehead atoms. The van der Waals surface area contributed by atoms with Gasteiger partial charge in [0.2, 0.25) is 0 Å². The zero-order valence-electron chi connectivity index (χ0n) is 11.1. The van der Waals surface area contributed by atoms with Crippen molar-refractivity contribution in [1.82, 2.24) is 6.15 Å². The molecule has 0 aromatic heterocycles. The van der Waals surface area contributed by atoms with Crippen LogP contribution < -0.4 is 6.15 Å². The van der Waals surface area contributed by atoms with Crippen LogP contribution in [-0.2, 0) is 0 Å². The lowest BCUT2D eigenvalue weighted by Crippen LogP contribution is -2.19. The molecule has 0 aromatic carbocycles. The summed E-state index contributed by atoms with van der Waals surface area (Å²) in [7, 11) is 0. The van der Waals surface area contributed by atoms with Crippen molar-refractivity contribution in [3.8, 4) is 0 Å². The van der Waals surface area contributed by atoms with Gasteiger partial charge in [-0.1, -0.05) is 75.1 Å². The van der Waals surface area contributed by atoms with Crippen LogP contribution in [0.4, 0.5) is 0 Å². The van der Waals surface area contributed by atoms with E-state index in [-0.39, 0.29) is 6.15 Å². The van der Waals surface area contributed by atoms with Crippen molar-refractivity contribution < 1.29 is 0 Å². The van der Waals surface area contributed by atoms with Gasteiger partial charge in [0.1, 0.15) is 0 Å². The Kier molecular flexibility index (Phi) is 10.6. The number of hydrogen-bond donors (Lipinski definition) is 1. The maximum Gasteiger partial charge on any atom is 0.262 e. The average molecular weight is 215 g/mol. The fourth-order valence-corrected chi connectivity index (χ4v) is 6.87. The summed E-state index contributed by atoms with van der Waals surface area (Å²) in [5.74, 6) is 2.78. The molecule has 0 saturated carbocycles. The highest BCUT2D eigenvalue weighted by molar-refractivity contribution is 6.58. The smallest absolute Gasteiger partial charge is 0.262 e. The van der Waals surface area contributed by atoms with Crippen molar-refractivity contribution >= 4 is 14.1 Å². The quantitative estimate of drug-likeness (QED) is 0.645. The molecule has 14 heavy (non-hydrogen) atoms. The highest BCUT2D eigenvalue weighted by Crippen LogP contribution is 2.20. The summed E-state index contributed by atoms with van der Waals surface area (Å²) in [6.45, 7) is 14.3. The molecular weight excluding hydrogens is 185 g/mol. The van der Waals surface area contributed by atoms with Gasteiger partial charge in [-0.3, -0.25) is 0 Å². The molecule has 0 aliphatic carbocycles. The molecule has 1 nitrogen and oxygen atoms in total. The maximum atomic E-state index is 2.38. The summed E-state index contributed by atoms with van der Waals surface area (Å²) in [6.07, 6.45) is 0. The van der Waals surface area contributed by atoms with Crippen LogP contribution in [0.15, 0.2) is 0 Å². The fourth-order valence-electron chi connectivity index (χ4n) is 2.29. The lowest BCUT2D eigenvalue weighted by molar-refractivity contribution is 0.659. The Morgan fingerprint density at radius 2 is 0.857 bits per heavy atom. The molecule has 3 N–H and O–H groups in total. The molecule has 0 aliphatic heterocycles. The Morgan fingerprint density at radius 1 is 0.643 bits per heavy atom. The first-order chi connectivity index (χ1) is 5.91. The molecule has 0 spiro atoms. The van der Waals surface area contributed by atoms with Crippen LogP contribution in [0.1, 0.15) is 41.5 Å². The van der Waals surface area contributed by atoms with Crippen molar-refractivity contribution in [2.75, 3.05) is 0 Å². The molecular formula is C12H30AlN. The zero-order valence-corrected chi connectivity index (χ0v) is 12.3. The predicted molar refractivity (Wildman–Crippen MR) is 69.7 cm³/mol. The molecule has 0 rings (SSSR count). The summed E-state index contributed by atoms with van der Waals surface area (Å²) >= 11 is -0.407. The second-order valence-electron chi connectivity index (χ2n) is 5.75. The van der Waals surface area contributed by atoms with Crippen LogP contribution in [0.2, 0.25) is 15.8 Å². The monoisotopic (exact) mass is 215 g/mol. The normalized spacial score (nSPS) is 10.9. The standard InChI is InChI=1S/3C4H9.Al.H3N/c3*1-4(2)3;;/h3*4H,1H2,2-3H3;;1H3. The molecule has 0 heterocycles. The molecule has 0 unspecified atom stereocenters. The molecule has 0 aromatic rings. The lowest BCUT2D eigenvalue weighted by Gasteiger charge is -2.17. The van der Waals surface area contributed by atoms with Gasteiger partial charge in [0, 0.05) is 0 Å². The lowest BCUT2D eigenvalue weighted by atomic mass is 10.2. The van der Waals surface area contributed by atoms with Gasteiger partial charge < -0.3 is 6.15 Å². The first-order valence-corrected chi connectivity index (χ1v) is 8.36. The van der Waals surface area contributed by atoms with Crippen LogP contribution in [0.5, 0.6) is 0 Å². The Balaban J connectivity index is 0. The van der Waals surface area contributed by atoms with Crippen LogP contribution in [0.25, 0.3) is 0 Å². The Hall–Kier alpha value is 0.492. The Labute approximate surface area is 95.6 Å². The molecule has 2 heteroatoms. The average Bonchev–Trinajstić information content (AvgIpc) is 1.80. The van der Waals surface area contributed by atoms with E-state index in [2.05, 4.69) is 41.5 Å². The van der Waals surface area contributed by atoms with E-state index in [0.717, 1.165) is 17.8 Å². The predicted octanol–water partition coefficient (Wildman–Crippen LogP) is 4.61. The summed E-state index contributed by atoms with van der Waals surface area (Å²) in [6, 6.07) is 0. The number of rotatable bonds is 6. The highest BCUT2D eigenvalue weighted by Gasteiger charge is 2.20. The van der Waals surface area contributed by atoms with Crippen molar-refractivity contribution in [3.05, 3.63) is 0 Å². The van der Waals surface area contributed by atoms with Gasteiger partial charge in [-0.05, 0) is 0 Å². The topological polar surface area (TPSA) is 35.0 Å². The van der Waals surface area contributed by atoms with Crippen LogP contribution in [0.3, 0.4) is 0 Å². The molecule has 0 saturated heterocycles. The van der Waals surface area contributed by atoms with Gasteiger partial charge in [0.25, 0.3) is 14.1 Å². The van der Waals surface area contributed by atoms with E-state index in [1.807, 2.05) is 0 Å². The third-order valence-corrected chi connectivity index (χ3v) is 7.24. The van der Waals surface area contributed by atoms with Gasteiger partial charge in [-0.25, -0.2) is 0 Å². The summed E-state index contributed by atoms with van der Waals surface area (Å²) in [5.41, 5.74) is 0. The minimum Gasteiger partial charge on any atom is -0.344 e. The summed E-state index contributed by atoms with van der Waals surface area (Å²) < 4.78 is 0. The summed E-state index contributed by atoms with van der Waals surface area (Å²) in [4.78, 5) is 0. The van der Waals surface area contributed by atoms with E-state index in [9.17, 15) is 0 Å². The van der Waals surface area contributed by atoms with Gasteiger partial charge >= 0.3 is 0 Å². The third-order valence-electron chi connectivity index (χ3n) is 2.41. The van der Waals surface area contributed by atoms with Crippen LogP contribution in [-0.4, -0.2) is 14.1 Å². The fraction of sp³-hybridized carbons (Fsp3) is 1.00. The highest BCUT2D eigenvalue weighted by atomic mass is 27.2. The van der Waals surface area contributed by atoms with Crippen LogP contribution >= 0.6 is 0 Å². The minimum atomic E-state index is -0.407. The van der Waals surface area contributed by atoms with Crippen LogP contribution in [0, 0.1) is 17.8 Å². The molecule has 0 atom stereocenters. The van der Waals surface area contributed by atoms with Crippen molar-refractivity contribution in [2.45, 2.75) is 57.4 Å². The minimum absolute atomic E-state index is 0. The first-order valence-electron chi connectivity index (χ1n) is 5.91. The SMILES string of the molecule is CC(C)[CH2][Al]([CH2]C(C)C)[CH2]C(C)C.N. The van der Waals surface area contributed by atoms with E-state index in [0.29, 0.717) is 0 Å². The van der Waals surface area contributed by atoms with E-state index < -0.39 is 14.1 Å². The van der Waals surface area contributed by atoms with E-state index in [4.69, 9.17) is 0 Å². The third kappa shape index (κ3) is 10.6. The number of hydrogen-bond acceptors (Lipinski definition) is 1. The van der Waals surface area contributed by atoms with E-state index >= 15 is 0 Å².